The molecule has 2 rings (SSSR count). The summed E-state index contributed by atoms with van der Waals surface area (Å²) in [5.74, 6) is 0.776. The minimum atomic E-state index is -0.451. The van der Waals surface area contributed by atoms with Gasteiger partial charge in [0.2, 0.25) is 0 Å². The van der Waals surface area contributed by atoms with Crippen molar-refractivity contribution < 1.29 is 4.92 Å². The molecule has 0 amide bonds. The monoisotopic (exact) mass is 299 g/mol. The summed E-state index contributed by atoms with van der Waals surface area (Å²) in [7, 11) is 0. The van der Waals surface area contributed by atoms with Crippen molar-refractivity contribution in [2.75, 3.05) is 17.6 Å². The molecule has 0 saturated heterocycles. The van der Waals surface area contributed by atoms with Gasteiger partial charge in [0, 0.05) is 23.3 Å². The molecule has 2 aromatic carbocycles. The third-order valence-corrected chi connectivity index (χ3v) is 3.77. The fourth-order valence-electron chi connectivity index (χ4n) is 1.78. The van der Waals surface area contributed by atoms with Crippen molar-refractivity contribution in [2.24, 2.45) is 0 Å². The molecular weight excluding hydrogens is 286 g/mol. The number of benzene rings is 2. The van der Waals surface area contributed by atoms with E-state index in [-0.39, 0.29) is 5.69 Å². The van der Waals surface area contributed by atoms with Gasteiger partial charge in [-0.25, -0.2) is 0 Å². The van der Waals surface area contributed by atoms with Gasteiger partial charge in [-0.05, 0) is 24.3 Å². The molecule has 0 bridgehead atoms. The van der Waals surface area contributed by atoms with Crippen LogP contribution >= 0.6 is 11.8 Å². The van der Waals surface area contributed by atoms with E-state index >= 15 is 0 Å². The second-order valence-electron chi connectivity index (χ2n) is 4.19. The summed E-state index contributed by atoms with van der Waals surface area (Å²) >= 11 is 1.67. The SMILES string of the molecule is N#Cc1ccc([N+](=O)[O-])c(NCCSc2ccccc2)c1. The van der Waals surface area contributed by atoms with E-state index in [0.29, 0.717) is 17.8 Å². The van der Waals surface area contributed by atoms with Crippen LogP contribution in [0.4, 0.5) is 11.4 Å². The number of nitro benzene ring substituents is 1. The zero-order valence-corrected chi connectivity index (χ0v) is 12.0. The van der Waals surface area contributed by atoms with Crippen molar-refractivity contribution in [3.8, 4) is 6.07 Å². The van der Waals surface area contributed by atoms with Crippen LogP contribution in [-0.4, -0.2) is 17.2 Å². The minimum Gasteiger partial charge on any atom is -0.379 e. The predicted molar refractivity (Wildman–Crippen MR) is 83.5 cm³/mol. The third-order valence-electron chi connectivity index (χ3n) is 2.75. The highest BCUT2D eigenvalue weighted by molar-refractivity contribution is 7.99. The molecule has 2 aromatic rings. The first-order chi connectivity index (χ1) is 10.2. The maximum Gasteiger partial charge on any atom is 0.292 e. The number of nitro groups is 1. The topological polar surface area (TPSA) is 79.0 Å². The number of nitrogens with zero attached hydrogens (tertiary/aromatic N) is 2. The van der Waals surface area contributed by atoms with Gasteiger partial charge in [0.15, 0.2) is 0 Å². The van der Waals surface area contributed by atoms with Crippen molar-refractivity contribution in [3.63, 3.8) is 0 Å². The highest BCUT2D eigenvalue weighted by atomic mass is 32.2. The van der Waals surface area contributed by atoms with Crippen LogP contribution in [0, 0.1) is 21.4 Å². The van der Waals surface area contributed by atoms with E-state index in [9.17, 15) is 10.1 Å². The molecule has 0 aliphatic heterocycles. The molecule has 0 aliphatic rings. The van der Waals surface area contributed by atoms with Gasteiger partial charge in [-0.1, -0.05) is 18.2 Å². The summed E-state index contributed by atoms with van der Waals surface area (Å²) in [5.41, 5.74) is 0.769. The normalized spacial score (nSPS) is 9.86. The van der Waals surface area contributed by atoms with Crippen LogP contribution in [0.2, 0.25) is 0 Å². The summed E-state index contributed by atoms with van der Waals surface area (Å²) < 4.78 is 0. The first-order valence-corrected chi connectivity index (χ1v) is 7.29. The first kappa shape index (κ1) is 14.9. The molecule has 0 aromatic heterocycles. The Hall–Kier alpha value is -2.52. The number of thioether (sulfide) groups is 1. The summed E-state index contributed by atoms with van der Waals surface area (Å²) in [6.07, 6.45) is 0. The molecule has 5 nitrogen and oxygen atoms in total. The Kier molecular flexibility index (Phi) is 5.18. The Morgan fingerprint density at radius 2 is 2.00 bits per heavy atom. The Morgan fingerprint density at radius 1 is 1.24 bits per heavy atom. The van der Waals surface area contributed by atoms with Crippen molar-refractivity contribution in [2.45, 2.75) is 4.90 Å². The number of nitrogens with one attached hydrogen (secondary N) is 1. The zero-order valence-electron chi connectivity index (χ0n) is 11.2. The maximum atomic E-state index is 11.0. The fourth-order valence-corrected chi connectivity index (χ4v) is 2.57. The summed E-state index contributed by atoms with van der Waals surface area (Å²) in [5, 5.41) is 22.8. The fraction of sp³-hybridized carbons (Fsp3) is 0.133. The molecule has 0 unspecified atom stereocenters. The van der Waals surface area contributed by atoms with Gasteiger partial charge in [0.05, 0.1) is 16.6 Å². The molecule has 0 fully saturated rings. The van der Waals surface area contributed by atoms with Crippen LogP contribution in [-0.2, 0) is 0 Å². The van der Waals surface area contributed by atoms with E-state index in [0.717, 1.165) is 10.6 Å². The summed E-state index contributed by atoms with van der Waals surface area (Å²) in [6, 6.07) is 16.2. The standard InChI is InChI=1S/C15H13N3O2S/c16-11-12-6-7-15(18(19)20)14(10-12)17-8-9-21-13-4-2-1-3-5-13/h1-7,10,17H,8-9H2. The van der Waals surface area contributed by atoms with Gasteiger partial charge in [-0.3, -0.25) is 10.1 Å². The van der Waals surface area contributed by atoms with E-state index in [1.54, 1.807) is 11.8 Å². The van der Waals surface area contributed by atoms with E-state index in [1.165, 1.54) is 18.2 Å². The van der Waals surface area contributed by atoms with E-state index in [2.05, 4.69) is 5.32 Å². The molecule has 0 heterocycles. The smallest absolute Gasteiger partial charge is 0.292 e. The lowest BCUT2D eigenvalue weighted by molar-refractivity contribution is -0.384. The Bertz CT molecular complexity index is 668. The van der Waals surface area contributed by atoms with Crippen molar-refractivity contribution in [1.82, 2.24) is 0 Å². The van der Waals surface area contributed by atoms with Gasteiger partial charge in [-0.15, -0.1) is 11.8 Å². The lowest BCUT2D eigenvalue weighted by Crippen LogP contribution is -2.06. The van der Waals surface area contributed by atoms with Crippen LogP contribution in [0.15, 0.2) is 53.4 Å². The molecule has 106 valence electrons. The lowest BCUT2D eigenvalue weighted by Gasteiger charge is -2.07. The Morgan fingerprint density at radius 3 is 2.67 bits per heavy atom. The maximum absolute atomic E-state index is 11.0. The highest BCUT2D eigenvalue weighted by Crippen LogP contribution is 2.25. The number of nitriles is 1. The molecule has 0 radical (unpaired) electrons. The molecule has 1 N–H and O–H groups in total. The zero-order chi connectivity index (χ0) is 15.1. The molecule has 21 heavy (non-hydrogen) atoms. The number of hydrogen-bond acceptors (Lipinski definition) is 5. The summed E-state index contributed by atoms with van der Waals surface area (Å²) in [6.45, 7) is 0.579. The molecule has 0 saturated carbocycles. The van der Waals surface area contributed by atoms with Crippen LogP contribution < -0.4 is 5.32 Å². The summed E-state index contributed by atoms with van der Waals surface area (Å²) in [4.78, 5) is 11.7. The molecule has 6 heteroatoms. The van der Waals surface area contributed by atoms with E-state index in [4.69, 9.17) is 5.26 Å². The second kappa shape index (κ2) is 7.31. The minimum absolute atomic E-state index is 0.0151. The lowest BCUT2D eigenvalue weighted by atomic mass is 10.2. The number of rotatable bonds is 6. The second-order valence-corrected chi connectivity index (χ2v) is 5.36. The van der Waals surface area contributed by atoms with Crippen LogP contribution in [0.25, 0.3) is 0 Å². The Labute approximate surface area is 126 Å². The van der Waals surface area contributed by atoms with Gasteiger partial charge >= 0.3 is 0 Å². The number of hydrogen-bond donors (Lipinski definition) is 1. The molecular formula is C15H13N3O2S. The molecule has 0 aliphatic carbocycles. The van der Waals surface area contributed by atoms with E-state index in [1.807, 2.05) is 36.4 Å². The number of anilines is 1. The first-order valence-electron chi connectivity index (χ1n) is 6.31. The van der Waals surface area contributed by atoms with Crippen LogP contribution in [0.3, 0.4) is 0 Å². The predicted octanol–water partition coefficient (Wildman–Crippen LogP) is 3.67. The average molecular weight is 299 g/mol. The van der Waals surface area contributed by atoms with E-state index < -0.39 is 4.92 Å². The molecule has 0 spiro atoms. The van der Waals surface area contributed by atoms with Crippen molar-refractivity contribution >= 4 is 23.1 Å². The quantitative estimate of drug-likeness (QED) is 0.381. The largest absolute Gasteiger partial charge is 0.379 e. The highest BCUT2D eigenvalue weighted by Gasteiger charge is 2.13. The van der Waals surface area contributed by atoms with Crippen LogP contribution in [0.5, 0.6) is 0 Å². The average Bonchev–Trinajstić information content (AvgIpc) is 2.52. The van der Waals surface area contributed by atoms with Gasteiger partial charge in [-0.2, -0.15) is 5.26 Å². The molecule has 0 atom stereocenters. The van der Waals surface area contributed by atoms with Gasteiger partial charge < -0.3 is 5.32 Å². The van der Waals surface area contributed by atoms with Crippen LogP contribution in [0.1, 0.15) is 5.56 Å². The third kappa shape index (κ3) is 4.23. The Balaban J connectivity index is 1.96. The van der Waals surface area contributed by atoms with Gasteiger partial charge in [0.1, 0.15) is 5.69 Å². The van der Waals surface area contributed by atoms with Crippen molar-refractivity contribution in [3.05, 3.63) is 64.2 Å². The van der Waals surface area contributed by atoms with Crippen molar-refractivity contribution in [1.29, 1.82) is 5.26 Å². The van der Waals surface area contributed by atoms with Gasteiger partial charge in [0.25, 0.3) is 5.69 Å².